The largest absolute Gasteiger partial charge is 0.310 e. The molecule has 9 rings (SSSR count). The lowest BCUT2D eigenvalue weighted by atomic mass is 10.0. The molecule has 6 aromatic carbocycles. The van der Waals surface area contributed by atoms with Crippen LogP contribution in [0.1, 0.15) is 18.9 Å². The summed E-state index contributed by atoms with van der Waals surface area (Å²) in [5, 5.41) is 14.2. The molecule has 2 aromatic heterocycles. The quantitative estimate of drug-likeness (QED) is 0.198. The second-order valence-electron chi connectivity index (χ2n) is 12.6. The zero-order valence-electron chi connectivity index (χ0n) is 26.1. The molecule has 0 spiro atoms. The van der Waals surface area contributed by atoms with Crippen LogP contribution in [0.5, 0.6) is 0 Å². The fraction of sp³-hybridized carbons (Fsp3) is 0.0682. The lowest BCUT2D eigenvalue weighted by Gasteiger charge is -2.15. The highest BCUT2D eigenvalue weighted by Crippen LogP contribution is 2.39. The lowest BCUT2D eigenvalue weighted by Crippen LogP contribution is -2.00. The van der Waals surface area contributed by atoms with E-state index < -0.39 is 0 Å². The molecule has 3 nitrogen and oxygen atoms in total. The van der Waals surface area contributed by atoms with E-state index in [9.17, 15) is 5.26 Å². The molecule has 0 radical (unpaired) electrons. The summed E-state index contributed by atoms with van der Waals surface area (Å²) in [5.74, 6) is 0.576. The van der Waals surface area contributed by atoms with Crippen LogP contribution in [0.15, 0.2) is 152 Å². The van der Waals surface area contributed by atoms with Gasteiger partial charge in [0.05, 0.1) is 33.7 Å². The minimum absolute atomic E-state index is 0.576. The van der Waals surface area contributed by atoms with Crippen molar-refractivity contribution in [2.45, 2.75) is 13.3 Å². The number of rotatable bonds is 4. The van der Waals surface area contributed by atoms with Crippen LogP contribution in [0.25, 0.3) is 77.2 Å². The first kappa shape index (κ1) is 27.2. The van der Waals surface area contributed by atoms with Gasteiger partial charge < -0.3 is 9.13 Å². The van der Waals surface area contributed by atoms with E-state index >= 15 is 0 Å². The average molecular weight is 602 g/mol. The summed E-state index contributed by atoms with van der Waals surface area (Å²) in [6.07, 6.45) is 8.03. The number of hydrogen-bond donors (Lipinski definition) is 0. The molecule has 3 heteroatoms. The third-order valence-corrected chi connectivity index (χ3v) is 9.70. The highest BCUT2D eigenvalue weighted by atomic mass is 15.0. The molecule has 0 amide bonds. The predicted molar refractivity (Wildman–Crippen MR) is 197 cm³/mol. The summed E-state index contributed by atoms with van der Waals surface area (Å²) >= 11 is 0. The van der Waals surface area contributed by atoms with Crippen molar-refractivity contribution in [2.24, 2.45) is 5.92 Å². The number of hydrogen-bond acceptors (Lipinski definition) is 1. The molecule has 0 bridgehead atoms. The number of nitriles is 1. The first-order valence-electron chi connectivity index (χ1n) is 16.2. The number of benzene rings is 6. The average Bonchev–Trinajstić information content (AvgIpc) is 3.64. The minimum atomic E-state index is 0.576. The molecular weight excluding hydrogens is 571 g/mol. The van der Waals surface area contributed by atoms with Crippen LogP contribution >= 0.6 is 0 Å². The SMILES string of the molecule is CC1C=CC(n2c3ccccc3c3cc(-c4ccc5c(c4)c4ccccc4n5-c4ccc(-c5ccc(C#N)cc5)cc4)ccc32)=CC1. The van der Waals surface area contributed by atoms with Crippen molar-refractivity contribution < 1.29 is 0 Å². The van der Waals surface area contributed by atoms with Gasteiger partial charge in [-0.3, -0.25) is 0 Å². The molecule has 0 aliphatic heterocycles. The first-order valence-corrected chi connectivity index (χ1v) is 16.2. The zero-order chi connectivity index (χ0) is 31.5. The molecule has 1 atom stereocenters. The molecule has 0 saturated heterocycles. The number of allylic oxidation sites excluding steroid dienone is 4. The molecule has 2 heterocycles. The van der Waals surface area contributed by atoms with Gasteiger partial charge >= 0.3 is 0 Å². The zero-order valence-corrected chi connectivity index (χ0v) is 26.1. The molecule has 1 aliphatic carbocycles. The number of aromatic nitrogens is 2. The van der Waals surface area contributed by atoms with E-state index in [4.69, 9.17) is 0 Å². The van der Waals surface area contributed by atoms with Gasteiger partial charge in [-0.2, -0.15) is 5.26 Å². The maximum Gasteiger partial charge on any atom is 0.0991 e. The maximum atomic E-state index is 9.17. The van der Waals surface area contributed by atoms with Crippen molar-refractivity contribution >= 4 is 49.3 Å². The van der Waals surface area contributed by atoms with Crippen molar-refractivity contribution in [3.05, 3.63) is 157 Å². The molecule has 222 valence electrons. The highest BCUT2D eigenvalue weighted by Gasteiger charge is 2.17. The Labute approximate surface area is 273 Å². The van der Waals surface area contributed by atoms with Crippen molar-refractivity contribution in [1.29, 1.82) is 5.26 Å². The Morgan fingerprint density at radius 2 is 1.06 bits per heavy atom. The fourth-order valence-corrected chi connectivity index (χ4v) is 7.28. The minimum Gasteiger partial charge on any atom is -0.310 e. The molecule has 8 aromatic rings. The second kappa shape index (κ2) is 10.8. The van der Waals surface area contributed by atoms with Crippen LogP contribution in [0.2, 0.25) is 0 Å². The van der Waals surface area contributed by atoms with Crippen molar-refractivity contribution in [2.75, 3.05) is 0 Å². The van der Waals surface area contributed by atoms with Gasteiger partial charge in [0.15, 0.2) is 0 Å². The van der Waals surface area contributed by atoms with E-state index in [2.05, 4.69) is 150 Å². The summed E-state index contributed by atoms with van der Waals surface area (Å²) in [5.41, 5.74) is 12.6. The number of fused-ring (bicyclic) bond motifs is 6. The van der Waals surface area contributed by atoms with Gasteiger partial charge in [-0.25, -0.2) is 0 Å². The predicted octanol–water partition coefficient (Wildman–Crippen LogP) is 11.5. The summed E-state index contributed by atoms with van der Waals surface area (Å²) in [7, 11) is 0. The van der Waals surface area contributed by atoms with Gasteiger partial charge in [0, 0.05) is 32.9 Å². The Balaban J connectivity index is 1.16. The Hall–Kier alpha value is -6.11. The van der Waals surface area contributed by atoms with E-state index in [0.717, 1.165) is 23.2 Å². The van der Waals surface area contributed by atoms with Gasteiger partial charge in [-0.1, -0.05) is 91.9 Å². The molecule has 1 unspecified atom stereocenters. The third kappa shape index (κ3) is 4.42. The molecule has 0 saturated carbocycles. The van der Waals surface area contributed by atoms with Gasteiger partial charge in [-0.15, -0.1) is 0 Å². The molecule has 47 heavy (non-hydrogen) atoms. The Morgan fingerprint density at radius 3 is 1.64 bits per heavy atom. The van der Waals surface area contributed by atoms with Gasteiger partial charge in [0.1, 0.15) is 0 Å². The van der Waals surface area contributed by atoms with Crippen LogP contribution < -0.4 is 0 Å². The smallest absolute Gasteiger partial charge is 0.0991 e. The van der Waals surface area contributed by atoms with E-state index in [1.165, 1.54) is 60.4 Å². The summed E-state index contributed by atoms with van der Waals surface area (Å²) in [6, 6.07) is 49.9. The lowest BCUT2D eigenvalue weighted by molar-refractivity contribution is 0.735. The molecule has 0 N–H and O–H groups in total. The van der Waals surface area contributed by atoms with Gasteiger partial charge in [0.25, 0.3) is 0 Å². The summed E-state index contributed by atoms with van der Waals surface area (Å²) in [6.45, 7) is 2.27. The third-order valence-electron chi connectivity index (χ3n) is 9.70. The summed E-state index contributed by atoms with van der Waals surface area (Å²) < 4.78 is 4.78. The van der Waals surface area contributed by atoms with Gasteiger partial charge in [0.2, 0.25) is 0 Å². The topological polar surface area (TPSA) is 33.6 Å². The highest BCUT2D eigenvalue weighted by molar-refractivity contribution is 6.13. The monoisotopic (exact) mass is 601 g/mol. The number of nitrogens with zero attached hydrogens (tertiary/aromatic N) is 3. The van der Waals surface area contributed by atoms with Crippen molar-refractivity contribution in [3.63, 3.8) is 0 Å². The Kier molecular flexibility index (Phi) is 6.23. The van der Waals surface area contributed by atoms with Crippen LogP contribution in [-0.4, -0.2) is 9.13 Å². The Morgan fingerprint density at radius 1 is 0.553 bits per heavy atom. The van der Waals surface area contributed by atoms with Crippen molar-refractivity contribution in [3.8, 4) is 34.0 Å². The first-order chi connectivity index (χ1) is 23.2. The van der Waals surface area contributed by atoms with Crippen LogP contribution in [-0.2, 0) is 0 Å². The maximum absolute atomic E-state index is 9.17. The van der Waals surface area contributed by atoms with E-state index in [0.29, 0.717) is 11.5 Å². The molecule has 1 aliphatic rings. The Bertz CT molecular complexity index is 2600. The summed E-state index contributed by atoms with van der Waals surface area (Å²) in [4.78, 5) is 0. The van der Waals surface area contributed by atoms with Crippen LogP contribution in [0.3, 0.4) is 0 Å². The molecular formula is C44H31N3. The van der Waals surface area contributed by atoms with E-state index in [-0.39, 0.29) is 0 Å². The van der Waals surface area contributed by atoms with E-state index in [1.807, 2.05) is 24.3 Å². The van der Waals surface area contributed by atoms with Gasteiger partial charge in [-0.05, 0) is 101 Å². The van der Waals surface area contributed by atoms with Crippen LogP contribution in [0, 0.1) is 17.2 Å². The van der Waals surface area contributed by atoms with Crippen molar-refractivity contribution in [1.82, 2.24) is 9.13 Å². The van der Waals surface area contributed by atoms with Crippen LogP contribution in [0.4, 0.5) is 0 Å². The van der Waals surface area contributed by atoms with E-state index in [1.54, 1.807) is 0 Å². The second-order valence-corrected chi connectivity index (χ2v) is 12.6. The normalized spacial score (nSPS) is 14.6. The molecule has 0 fully saturated rings. The fourth-order valence-electron chi connectivity index (χ4n) is 7.28. The standard InChI is InChI=1S/C44H31N3/c1-29-10-20-35(21-11-29)46-41-8-4-2-6-37(41)39-26-33(18-24-43(39)46)34-19-25-44-40(27-34)38-7-3-5-9-42(38)47(44)36-22-16-32(17-23-36)31-14-12-30(28-45)13-15-31/h2-10,12-27,29H,11H2,1H3. The number of para-hydroxylation sites is 2.